The van der Waals surface area contributed by atoms with E-state index < -0.39 is 5.60 Å². The Balaban J connectivity index is 1.97. The Morgan fingerprint density at radius 2 is 2.26 bits per heavy atom. The second-order valence-corrected chi connectivity index (χ2v) is 6.46. The number of nitrogens with zero attached hydrogens (tertiary/aromatic N) is 1. The average molecular weight is 270 g/mol. The Morgan fingerprint density at radius 3 is 2.79 bits per heavy atom. The van der Waals surface area contributed by atoms with Crippen molar-refractivity contribution >= 4 is 6.09 Å². The maximum Gasteiger partial charge on any atom is 0.410 e. The van der Waals surface area contributed by atoms with Gasteiger partial charge in [-0.15, -0.1) is 0 Å². The molecular weight excluding hydrogens is 244 g/mol. The molecular formula is C14H26N2O3. The Labute approximate surface area is 115 Å². The maximum absolute atomic E-state index is 12.2. The van der Waals surface area contributed by atoms with E-state index in [4.69, 9.17) is 9.47 Å². The van der Waals surface area contributed by atoms with E-state index in [0.717, 1.165) is 25.8 Å². The molecule has 0 aromatic heterocycles. The number of rotatable bonds is 2. The summed E-state index contributed by atoms with van der Waals surface area (Å²) >= 11 is 0. The van der Waals surface area contributed by atoms with Crippen LogP contribution in [0.2, 0.25) is 0 Å². The van der Waals surface area contributed by atoms with Crippen molar-refractivity contribution < 1.29 is 14.3 Å². The summed E-state index contributed by atoms with van der Waals surface area (Å²) in [5, 5.41) is 3.43. The monoisotopic (exact) mass is 270 g/mol. The van der Waals surface area contributed by atoms with Crippen molar-refractivity contribution in [1.82, 2.24) is 10.2 Å². The minimum Gasteiger partial charge on any atom is -0.444 e. The van der Waals surface area contributed by atoms with Crippen LogP contribution < -0.4 is 5.32 Å². The van der Waals surface area contributed by atoms with Gasteiger partial charge in [0.15, 0.2) is 0 Å². The van der Waals surface area contributed by atoms with Crippen molar-refractivity contribution in [3.05, 3.63) is 0 Å². The summed E-state index contributed by atoms with van der Waals surface area (Å²) in [4.78, 5) is 14.0. The first-order valence-electron chi connectivity index (χ1n) is 7.24. The van der Waals surface area contributed by atoms with E-state index in [1.54, 1.807) is 4.90 Å². The molecule has 2 aliphatic heterocycles. The highest BCUT2D eigenvalue weighted by atomic mass is 16.6. The Hall–Kier alpha value is -0.810. The predicted molar refractivity (Wildman–Crippen MR) is 72.9 cm³/mol. The number of carbonyl (C=O) groups is 1. The lowest BCUT2D eigenvalue weighted by molar-refractivity contribution is -0.0113. The van der Waals surface area contributed by atoms with Crippen LogP contribution in [0.5, 0.6) is 0 Å². The first-order valence-corrected chi connectivity index (χ1v) is 7.24. The van der Waals surface area contributed by atoms with Crippen molar-refractivity contribution in [1.29, 1.82) is 0 Å². The molecule has 2 fully saturated rings. The number of carbonyl (C=O) groups excluding carboxylic acids is 1. The number of amides is 1. The molecule has 19 heavy (non-hydrogen) atoms. The zero-order chi connectivity index (χ0) is 14.1. The molecule has 0 radical (unpaired) electrons. The summed E-state index contributed by atoms with van der Waals surface area (Å²) in [7, 11) is 0. The molecule has 0 aromatic rings. The predicted octanol–water partition coefficient (Wildman–Crippen LogP) is 2.11. The fraction of sp³-hybridized carbons (Fsp3) is 0.929. The fourth-order valence-corrected chi connectivity index (χ4v) is 2.89. The van der Waals surface area contributed by atoms with Gasteiger partial charge in [-0.1, -0.05) is 0 Å². The highest BCUT2D eigenvalue weighted by molar-refractivity contribution is 5.68. The second-order valence-electron chi connectivity index (χ2n) is 6.46. The van der Waals surface area contributed by atoms with Crippen LogP contribution in [0, 0.1) is 0 Å². The summed E-state index contributed by atoms with van der Waals surface area (Å²) in [6.07, 6.45) is 2.81. The Kier molecular flexibility index (Phi) is 4.06. The highest BCUT2D eigenvalue weighted by Gasteiger charge is 2.45. The first kappa shape index (κ1) is 14.6. The van der Waals surface area contributed by atoms with Gasteiger partial charge in [0.1, 0.15) is 11.3 Å². The lowest BCUT2D eigenvalue weighted by Gasteiger charge is -2.30. The molecule has 0 unspecified atom stereocenters. The first-order chi connectivity index (χ1) is 8.85. The number of likely N-dealkylation sites (N-methyl/N-ethyl adjacent to an activating group) is 1. The van der Waals surface area contributed by atoms with Crippen LogP contribution >= 0.6 is 0 Å². The van der Waals surface area contributed by atoms with Gasteiger partial charge >= 0.3 is 6.09 Å². The number of ether oxygens (including phenoxy) is 2. The molecule has 2 saturated heterocycles. The van der Waals surface area contributed by atoms with Crippen LogP contribution in [0.15, 0.2) is 0 Å². The summed E-state index contributed by atoms with van der Waals surface area (Å²) in [5.41, 5.74) is -0.645. The summed E-state index contributed by atoms with van der Waals surface area (Å²) in [6.45, 7) is 9.92. The van der Waals surface area contributed by atoms with E-state index in [0.29, 0.717) is 13.2 Å². The zero-order valence-electron chi connectivity index (χ0n) is 12.5. The van der Waals surface area contributed by atoms with Crippen molar-refractivity contribution in [2.24, 2.45) is 0 Å². The largest absolute Gasteiger partial charge is 0.444 e. The van der Waals surface area contributed by atoms with E-state index in [2.05, 4.69) is 5.32 Å². The molecule has 0 bridgehead atoms. The Morgan fingerprint density at radius 1 is 1.53 bits per heavy atom. The van der Waals surface area contributed by atoms with E-state index in [1.165, 1.54) is 0 Å². The van der Waals surface area contributed by atoms with E-state index >= 15 is 0 Å². The minimum atomic E-state index is -0.451. The molecule has 0 saturated carbocycles. The maximum atomic E-state index is 12.2. The molecule has 0 aromatic carbocycles. The van der Waals surface area contributed by atoms with Crippen molar-refractivity contribution in [3.8, 4) is 0 Å². The molecule has 1 spiro atoms. The number of nitrogens with one attached hydrogen (secondary N) is 1. The van der Waals surface area contributed by atoms with Gasteiger partial charge in [-0.05, 0) is 47.1 Å². The normalized spacial score (nSPS) is 30.8. The van der Waals surface area contributed by atoms with Gasteiger partial charge in [-0.3, -0.25) is 5.32 Å². The smallest absolute Gasteiger partial charge is 0.410 e. The van der Waals surface area contributed by atoms with Crippen LogP contribution in [0.25, 0.3) is 0 Å². The van der Waals surface area contributed by atoms with Gasteiger partial charge < -0.3 is 14.4 Å². The molecule has 5 nitrogen and oxygen atoms in total. The molecule has 0 aliphatic carbocycles. The van der Waals surface area contributed by atoms with Crippen LogP contribution in [-0.2, 0) is 9.47 Å². The van der Waals surface area contributed by atoms with Crippen LogP contribution in [0.1, 0.15) is 47.0 Å². The summed E-state index contributed by atoms with van der Waals surface area (Å²) < 4.78 is 11.4. The van der Waals surface area contributed by atoms with Crippen LogP contribution in [-0.4, -0.2) is 48.1 Å². The summed E-state index contributed by atoms with van der Waals surface area (Å²) in [6, 6.07) is 0.116. The third kappa shape index (κ3) is 3.39. The third-order valence-corrected chi connectivity index (χ3v) is 3.73. The van der Waals surface area contributed by atoms with Gasteiger partial charge in [0.2, 0.25) is 0 Å². The number of hydrogen-bond acceptors (Lipinski definition) is 4. The average Bonchev–Trinajstić information content (AvgIpc) is 2.89. The zero-order valence-corrected chi connectivity index (χ0v) is 12.5. The molecule has 2 heterocycles. The van der Waals surface area contributed by atoms with E-state index in [-0.39, 0.29) is 17.9 Å². The van der Waals surface area contributed by atoms with Gasteiger partial charge in [0.05, 0.1) is 12.6 Å². The van der Waals surface area contributed by atoms with Crippen molar-refractivity contribution in [2.45, 2.75) is 64.3 Å². The molecule has 1 N–H and O–H groups in total. The van der Waals surface area contributed by atoms with Gasteiger partial charge in [-0.2, -0.15) is 0 Å². The van der Waals surface area contributed by atoms with Crippen molar-refractivity contribution in [2.75, 3.05) is 19.7 Å². The molecule has 1 amide bonds. The van der Waals surface area contributed by atoms with Gasteiger partial charge in [0, 0.05) is 13.0 Å². The lowest BCUT2D eigenvalue weighted by Crippen LogP contribution is -2.45. The van der Waals surface area contributed by atoms with Gasteiger partial charge in [0.25, 0.3) is 0 Å². The summed E-state index contributed by atoms with van der Waals surface area (Å²) in [5.74, 6) is 0. The standard InChI is InChI=1S/C14H26N2O3/c1-5-16(12(17)19-13(2,3)4)11-9-14(18-10-11)7-6-8-15-14/h11,15H,5-10H2,1-4H3/t11-,14-/m0/s1. The highest BCUT2D eigenvalue weighted by Crippen LogP contribution is 2.34. The quantitative estimate of drug-likeness (QED) is 0.835. The fourth-order valence-electron chi connectivity index (χ4n) is 2.89. The Bertz CT molecular complexity index is 332. The molecule has 5 heteroatoms. The second kappa shape index (κ2) is 5.29. The molecule has 110 valence electrons. The van der Waals surface area contributed by atoms with Crippen LogP contribution in [0.3, 0.4) is 0 Å². The molecule has 2 atom stereocenters. The van der Waals surface area contributed by atoms with E-state index in [9.17, 15) is 4.79 Å². The SMILES string of the molecule is CCN(C(=O)OC(C)(C)C)[C@@H]1CO[C@@]2(CCCN2)C1. The lowest BCUT2D eigenvalue weighted by atomic mass is 10.0. The topological polar surface area (TPSA) is 50.8 Å². The molecule has 2 aliphatic rings. The molecule has 2 rings (SSSR count). The number of hydrogen-bond donors (Lipinski definition) is 1. The minimum absolute atomic E-state index is 0.116. The van der Waals surface area contributed by atoms with Crippen LogP contribution in [0.4, 0.5) is 4.79 Å². The van der Waals surface area contributed by atoms with E-state index in [1.807, 2.05) is 27.7 Å². The van der Waals surface area contributed by atoms with Gasteiger partial charge in [-0.25, -0.2) is 4.79 Å². The van der Waals surface area contributed by atoms with Crippen molar-refractivity contribution in [3.63, 3.8) is 0 Å². The third-order valence-electron chi connectivity index (χ3n) is 3.73.